The van der Waals surface area contributed by atoms with E-state index in [1.165, 1.54) is 53.6 Å². The molecule has 0 bridgehead atoms. The summed E-state index contributed by atoms with van der Waals surface area (Å²) in [5.74, 6) is 0. The highest BCUT2D eigenvalue weighted by Crippen LogP contribution is 2.48. The maximum atomic E-state index is 6.28. The molecule has 0 saturated carbocycles. The first-order valence-corrected chi connectivity index (χ1v) is 20.1. The molecule has 2 aromatic heterocycles. The Labute approximate surface area is 335 Å². The number of furan rings is 1. The maximum Gasteiger partial charge on any atom is 0.136 e. The highest BCUT2D eigenvalue weighted by Gasteiger charge is 2.21. The van der Waals surface area contributed by atoms with Crippen LogP contribution in [0.25, 0.3) is 86.6 Å². The summed E-state index contributed by atoms with van der Waals surface area (Å²) in [6.45, 7) is 0. The van der Waals surface area contributed by atoms with Crippen LogP contribution in [0.1, 0.15) is 0 Å². The molecule has 0 N–H and O–H groups in total. The monoisotopic (exact) mass is 745 g/mol. The number of benzene rings is 9. The number of para-hydroxylation sites is 1. The van der Waals surface area contributed by atoms with Crippen LogP contribution in [0.15, 0.2) is 217 Å². The van der Waals surface area contributed by atoms with Gasteiger partial charge in [-0.05, 0) is 93.0 Å². The average Bonchev–Trinajstić information content (AvgIpc) is 3.87. The summed E-state index contributed by atoms with van der Waals surface area (Å²) in [5, 5.41) is 4.81. The number of rotatable bonds is 7. The average molecular weight is 746 g/mol. The van der Waals surface area contributed by atoms with E-state index in [9.17, 15) is 0 Å². The molecule has 2 heterocycles. The maximum absolute atomic E-state index is 6.28. The fourth-order valence-electron chi connectivity index (χ4n) is 8.39. The minimum atomic E-state index is 0.900. The quantitative estimate of drug-likeness (QED) is 0.162. The topological polar surface area (TPSA) is 16.4 Å². The third-order valence-corrected chi connectivity index (χ3v) is 12.3. The van der Waals surface area contributed by atoms with Gasteiger partial charge >= 0.3 is 0 Å². The van der Waals surface area contributed by atoms with Crippen molar-refractivity contribution in [3.63, 3.8) is 0 Å². The molecule has 9 aromatic carbocycles. The minimum Gasteiger partial charge on any atom is -0.456 e. The molecule has 11 aromatic rings. The van der Waals surface area contributed by atoms with Crippen LogP contribution in [0.5, 0.6) is 0 Å². The van der Waals surface area contributed by atoms with Gasteiger partial charge < -0.3 is 9.32 Å². The van der Waals surface area contributed by atoms with Gasteiger partial charge in [0.2, 0.25) is 0 Å². The zero-order valence-corrected chi connectivity index (χ0v) is 31.8. The first-order valence-electron chi connectivity index (χ1n) is 19.3. The second-order valence-electron chi connectivity index (χ2n) is 14.5. The number of thiophene rings is 1. The molecule has 0 unspecified atom stereocenters. The molecule has 0 aliphatic rings. The molecule has 0 spiro atoms. The van der Waals surface area contributed by atoms with Crippen LogP contribution in [0.2, 0.25) is 0 Å². The second-order valence-corrected chi connectivity index (χ2v) is 15.5. The Kier molecular flexibility index (Phi) is 8.04. The highest BCUT2D eigenvalue weighted by atomic mass is 32.1. The van der Waals surface area contributed by atoms with E-state index in [0.29, 0.717) is 0 Å². The molecule has 3 heteroatoms. The Bertz CT molecular complexity index is 3160. The van der Waals surface area contributed by atoms with Crippen molar-refractivity contribution in [2.45, 2.75) is 0 Å². The van der Waals surface area contributed by atoms with Gasteiger partial charge in [-0.2, -0.15) is 0 Å². The van der Waals surface area contributed by atoms with Crippen molar-refractivity contribution < 1.29 is 4.42 Å². The van der Waals surface area contributed by atoms with Gasteiger partial charge in [-0.25, -0.2) is 0 Å². The zero-order valence-electron chi connectivity index (χ0n) is 31.0. The van der Waals surface area contributed by atoms with Crippen molar-refractivity contribution in [1.29, 1.82) is 0 Å². The van der Waals surface area contributed by atoms with Gasteiger partial charge in [0.25, 0.3) is 0 Å². The molecule has 268 valence electrons. The highest BCUT2D eigenvalue weighted by molar-refractivity contribution is 7.27. The molecular formula is C54H35NOS. The number of hydrogen-bond acceptors (Lipinski definition) is 3. The molecule has 0 amide bonds. The van der Waals surface area contributed by atoms with Gasteiger partial charge in [0.1, 0.15) is 11.2 Å². The zero-order chi connectivity index (χ0) is 37.7. The number of anilines is 3. The third-order valence-electron chi connectivity index (χ3n) is 11.1. The first-order chi connectivity index (χ1) is 28.3. The van der Waals surface area contributed by atoms with Crippen molar-refractivity contribution in [1.82, 2.24) is 0 Å². The van der Waals surface area contributed by atoms with Crippen molar-refractivity contribution in [2.24, 2.45) is 0 Å². The molecule has 0 fully saturated rings. The van der Waals surface area contributed by atoms with Crippen molar-refractivity contribution >= 4 is 70.5 Å². The lowest BCUT2D eigenvalue weighted by atomic mass is 9.96. The lowest BCUT2D eigenvalue weighted by molar-refractivity contribution is 0.669. The van der Waals surface area contributed by atoms with Crippen molar-refractivity contribution in [3.8, 4) is 44.5 Å². The number of nitrogens with zero attached hydrogens (tertiary/aromatic N) is 1. The summed E-state index contributed by atoms with van der Waals surface area (Å²) in [5.41, 5.74) is 14.6. The Balaban J connectivity index is 1.15. The fourth-order valence-corrected chi connectivity index (χ4v) is 9.73. The Morgan fingerprint density at radius 2 is 0.860 bits per heavy atom. The fraction of sp³-hybridized carbons (Fsp3) is 0. The standard InChI is InChI=1S/C54H35NOS/c1-4-15-36(16-5-1)40-33-41(37-17-6-2-7-18-37)35-43(34-40)55(42-31-29-39(30-32-42)44-22-14-28-51-52(44)48-21-10-11-27-50(48)56-51)49-26-13-25-47-46-24-12-23-45(53(46)57-54(47)49)38-19-8-3-9-20-38/h1-35H. The Morgan fingerprint density at radius 1 is 0.333 bits per heavy atom. The van der Waals surface area contributed by atoms with Crippen LogP contribution in [0.3, 0.4) is 0 Å². The molecule has 0 aliphatic heterocycles. The van der Waals surface area contributed by atoms with Crippen LogP contribution >= 0.6 is 11.3 Å². The first kappa shape index (κ1) is 33.2. The summed E-state index contributed by atoms with van der Waals surface area (Å²) < 4.78 is 8.83. The van der Waals surface area contributed by atoms with Gasteiger partial charge in [-0.1, -0.05) is 164 Å². The summed E-state index contributed by atoms with van der Waals surface area (Å²) in [7, 11) is 0. The molecule has 0 radical (unpaired) electrons. The summed E-state index contributed by atoms with van der Waals surface area (Å²) >= 11 is 1.88. The van der Waals surface area contributed by atoms with Crippen molar-refractivity contribution in [3.05, 3.63) is 212 Å². The molecule has 0 saturated heterocycles. The van der Waals surface area contributed by atoms with E-state index in [1.54, 1.807) is 0 Å². The normalized spacial score (nSPS) is 11.5. The molecule has 0 aliphatic carbocycles. The summed E-state index contributed by atoms with van der Waals surface area (Å²) in [6.07, 6.45) is 0. The molecular weight excluding hydrogens is 711 g/mol. The molecule has 0 atom stereocenters. The van der Waals surface area contributed by atoms with E-state index in [0.717, 1.165) is 50.1 Å². The van der Waals surface area contributed by atoms with E-state index in [4.69, 9.17) is 4.42 Å². The SMILES string of the molecule is c1ccc(-c2cc(-c3ccccc3)cc(N(c3ccc(-c4cccc5oc6ccccc6c45)cc3)c3cccc4c3sc3c(-c5ccccc5)cccc34)c2)cc1. The van der Waals surface area contributed by atoms with Crippen LogP contribution < -0.4 is 4.90 Å². The predicted octanol–water partition coefficient (Wildman–Crippen LogP) is 16.1. The van der Waals surface area contributed by atoms with Gasteiger partial charge in [0, 0.05) is 37.6 Å². The van der Waals surface area contributed by atoms with Crippen LogP contribution in [-0.4, -0.2) is 0 Å². The van der Waals surface area contributed by atoms with Gasteiger partial charge in [-0.15, -0.1) is 11.3 Å². The summed E-state index contributed by atoms with van der Waals surface area (Å²) in [6, 6.07) is 76.4. The Hall–Kier alpha value is -7.20. The second kappa shape index (κ2) is 13.8. The van der Waals surface area contributed by atoms with E-state index in [1.807, 2.05) is 23.5 Å². The van der Waals surface area contributed by atoms with Crippen LogP contribution in [0, 0.1) is 0 Å². The summed E-state index contributed by atoms with van der Waals surface area (Å²) in [4.78, 5) is 2.45. The molecule has 11 rings (SSSR count). The Morgan fingerprint density at radius 3 is 1.56 bits per heavy atom. The molecule has 57 heavy (non-hydrogen) atoms. The van der Waals surface area contributed by atoms with Gasteiger partial charge in [0.05, 0.1) is 10.4 Å². The van der Waals surface area contributed by atoms with E-state index >= 15 is 0 Å². The van der Waals surface area contributed by atoms with E-state index in [-0.39, 0.29) is 0 Å². The number of fused-ring (bicyclic) bond motifs is 6. The lowest BCUT2D eigenvalue weighted by Crippen LogP contribution is -2.10. The molecule has 2 nitrogen and oxygen atoms in total. The van der Waals surface area contributed by atoms with Gasteiger partial charge in [-0.3, -0.25) is 0 Å². The van der Waals surface area contributed by atoms with Crippen LogP contribution in [0.4, 0.5) is 17.1 Å². The van der Waals surface area contributed by atoms with Crippen molar-refractivity contribution in [2.75, 3.05) is 4.90 Å². The minimum absolute atomic E-state index is 0.900. The van der Waals surface area contributed by atoms with E-state index < -0.39 is 0 Å². The third kappa shape index (κ3) is 5.80. The lowest BCUT2D eigenvalue weighted by Gasteiger charge is -2.27. The van der Waals surface area contributed by atoms with E-state index in [2.05, 4.69) is 205 Å². The number of hydrogen-bond donors (Lipinski definition) is 0. The smallest absolute Gasteiger partial charge is 0.136 e. The largest absolute Gasteiger partial charge is 0.456 e. The predicted molar refractivity (Wildman–Crippen MR) is 243 cm³/mol. The van der Waals surface area contributed by atoms with Gasteiger partial charge in [0.15, 0.2) is 0 Å². The van der Waals surface area contributed by atoms with Crippen LogP contribution in [-0.2, 0) is 0 Å².